The van der Waals surface area contributed by atoms with E-state index in [2.05, 4.69) is 11.4 Å². The van der Waals surface area contributed by atoms with Crippen LogP contribution in [0.15, 0.2) is 24.3 Å². The Morgan fingerprint density at radius 1 is 1.44 bits per heavy atom. The van der Waals surface area contributed by atoms with Crippen LogP contribution in [0, 0.1) is 0 Å². The van der Waals surface area contributed by atoms with Gasteiger partial charge in [0.15, 0.2) is 6.29 Å². The first kappa shape index (κ1) is 12.5. The quantitative estimate of drug-likeness (QED) is 0.588. The monoisotopic (exact) mass is 219 g/mol. The largest absolute Gasteiger partial charge is 0.496 e. The predicted molar refractivity (Wildman–Crippen MR) is 66.0 cm³/mol. The number of rotatable bonds is 6. The van der Waals surface area contributed by atoms with Crippen LogP contribution in [0.1, 0.15) is 22.3 Å². The van der Waals surface area contributed by atoms with Crippen LogP contribution in [0.4, 0.5) is 0 Å². The molecule has 86 valence electrons. The minimum atomic E-state index is 0.582. The standard InChI is InChI=1S/C13H17NO2/c1-14-8-4-3-5-11-6-7-13(16-2)12(9-11)10-15/h3,5-7,9-10,14H,4,8H2,1-2H3. The van der Waals surface area contributed by atoms with Gasteiger partial charge < -0.3 is 10.1 Å². The van der Waals surface area contributed by atoms with Crippen LogP contribution in [0.25, 0.3) is 6.08 Å². The zero-order valence-electron chi connectivity index (χ0n) is 9.69. The Kier molecular flexibility index (Phi) is 5.29. The number of ether oxygens (including phenoxy) is 1. The van der Waals surface area contributed by atoms with Crippen molar-refractivity contribution in [3.63, 3.8) is 0 Å². The molecule has 0 aliphatic rings. The number of aldehydes is 1. The molecular formula is C13H17NO2. The van der Waals surface area contributed by atoms with Crippen molar-refractivity contribution in [1.29, 1.82) is 0 Å². The van der Waals surface area contributed by atoms with Gasteiger partial charge in [-0.05, 0) is 37.7 Å². The minimum absolute atomic E-state index is 0.582. The molecule has 1 rings (SSSR count). The molecule has 16 heavy (non-hydrogen) atoms. The lowest BCUT2D eigenvalue weighted by Gasteiger charge is -2.03. The molecule has 0 saturated carbocycles. The SMILES string of the molecule is CNCCC=Cc1ccc(OC)c(C=O)c1. The topological polar surface area (TPSA) is 38.3 Å². The fourth-order valence-corrected chi connectivity index (χ4v) is 1.40. The van der Waals surface area contributed by atoms with Crippen molar-refractivity contribution in [2.45, 2.75) is 6.42 Å². The van der Waals surface area contributed by atoms with E-state index in [0.717, 1.165) is 24.8 Å². The van der Waals surface area contributed by atoms with Gasteiger partial charge in [-0.15, -0.1) is 0 Å². The second-order valence-electron chi connectivity index (χ2n) is 3.41. The smallest absolute Gasteiger partial charge is 0.153 e. The van der Waals surface area contributed by atoms with E-state index in [1.807, 2.05) is 31.3 Å². The molecule has 0 radical (unpaired) electrons. The molecule has 0 spiro atoms. The van der Waals surface area contributed by atoms with E-state index in [1.165, 1.54) is 0 Å². The normalized spacial score (nSPS) is 10.6. The zero-order valence-corrected chi connectivity index (χ0v) is 9.69. The lowest BCUT2D eigenvalue weighted by Crippen LogP contribution is -2.05. The molecule has 0 fully saturated rings. The first-order valence-corrected chi connectivity index (χ1v) is 5.26. The highest BCUT2D eigenvalue weighted by Gasteiger charge is 2.00. The van der Waals surface area contributed by atoms with E-state index in [9.17, 15) is 4.79 Å². The third kappa shape index (κ3) is 3.51. The van der Waals surface area contributed by atoms with Gasteiger partial charge in [0.1, 0.15) is 5.75 Å². The van der Waals surface area contributed by atoms with Crippen molar-refractivity contribution < 1.29 is 9.53 Å². The highest BCUT2D eigenvalue weighted by atomic mass is 16.5. The maximum atomic E-state index is 10.8. The second-order valence-corrected chi connectivity index (χ2v) is 3.41. The molecule has 0 bridgehead atoms. The molecule has 1 aromatic rings. The van der Waals surface area contributed by atoms with Crippen LogP contribution in [0.3, 0.4) is 0 Å². The van der Waals surface area contributed by atoms with E-state index < -0.39 is 0 Å². The molecule has 1 N–H and O–H groups in total. The minimum Gasteiger partial charge on any atom is -0.496 e. The average molecular weight is 219 g/mol. The van der Waals surface area contributed by atoms with E-state index in [-0.39, 0.29) is 0 Å². The Morgan fingerprint density at radius 3 is 2.88 bits per heavy atom. The number of methoxy groups -OCH3 is 1. The Balaban J connectivity index is 2.75. The average Bonchev–Trinajstić information content (AvgIpc) is 2.34. The van der Waals surface area contributed by atoms with Gasteiger partial charge >= 0.3 is 0 Å². The van der Waals surface area contributed by atoms with Gasteiger partial charge in [-0.25, -0.2) is 0 Å². The van der Waals surface area contributed by atoms with Gasteiger partial charge in [-0.2, -0.15) is 0 Å². The van der Waals surface area contributed by atoms with E-state index in [1.54, 1.807) is 7.11 Å². The number of carbonyl (C=O) groups excluding carboxylic acids is 1. The van der Waals surface area contributed by atoms with Crippen molar-refractivity contribution in [2.75, 3.05) is 20.7 Å². The van der Waals surface area contributed by atoms with Crippen LogP contribution < -0.4 is 10.1 Å². The maximum Gasteiger partial charge on any atom is 0.153 e. The molecule has 0 heterocycles. The van der Waals surface area contributed by atoms with Crippen molar-refractivity contribution >= 4 is 12.4 Å². The number of nitrogens with one attached hydrogen (secondary N) is 1. The lowest BCUT2D eigenvalue weighted by atomic mass is 10.1. The third-order valence-electron chi connectivity index (χ3n) is 2.25. The summed E-state index contributed by atoms with van der Waals surface area (Å²) in [5.74, 6) is 0.613. The molecular weight excluding hydrogens is 202 g/mol. The summed E-state index contributed by atoms with van der Waals surface area (Å²) in [5, 5.41) is 3.07. The first-order chi connectivity index (χ1) is 7.81. The number of benzene rings is 1. The second kappa shape index (κ2) is 6.80. The summed E-state index contributed by atoms with van der Waals surface area (Å²) >= 11 is 0. The fraction of sp³-hybridized carbons (Fsp3) is 0.308. The van der Waals surface area contributed by atoms with Gasteiger partial charge in [0, 0.05) is 0 Å². The third-order valence-corrected chi connectivity index (χ3v) is 2.25. The lowest BCUT2D eigenvalue weighted by molar-refractivity contribution is 0.112. The molecule has 0 aliphatic carbocycles. The summed E-state index contributed by atoms with van der Waals surface area (Å²) in [6, 6.07) is 5.56. The molecule has 0 aliphatic heterocycles. The molecule has 0 atom stereocenters. The van der Waals surface area contributed by atoms with Crippen molar-refractivity contribution in [1.82, 2.24) is 5.32 Å². The highest BCUT2D eigenvalue weighted by molar-refractivity contribution is 5.80. The van der Waals surface area contributed by atoms with Gasteiger partial charge in [-0.3, -0.25) is 4.79 Å². The number of hydrogen-bond acceptors (Lipinski definition) is 3. The molecule has 1 aromatic carbocycles. The molecule has 3 heteroatoms. The molecule has 0 amide bonds. The van der Waals surface area contributed by atoms with Crippen LogP contribution in [0.2, 0.25) is 0 Å². The fourth-order valence-electron chi connectivity index (χ4n) is 1.40. The summed E-state index contributed by atoms with van der Waals surface area (Å²) in [6.07, 6.45) is 5.86. The van der Waals surface area contributed by atoms with Crippen molar-refractivity contribution in [2.24, 2.45) is 0 Å². The molecule has 0 aromatic heterocycles. The van der Waals surface area contributed by atoms with Crippen molar-refractivity contribution in [3.8, 4) is 5.75 Å². The van der Waals surface area contributed by atoms with Gasteiger partial charge in [-0.1, -0.05) is 18.2 Å². The Bertz CT molecular complexity index is 372. The summed E-state index contributed by atoms with van der Waals surface area (Å²) in [7, 11) is 3.48. The number of hydrogen-bond donors (Lipinski definition) is 1. The summed E-state index contributed by atoms with van der Waals surface area (Å²) in [5.41, 5.74) is 1.59. The van der Waals surface area contributed by atoms with Crippen LogP contribution in [-0.4, -0.2) is 27.0 Å². The molecule has 0 saturated heterocycles. The van der Waals surface area contributed by atoms with Gasteiger partial charge in [0.25, 0.3) is 0 Å². The van der Waals surface area contributed by atoms with E-state index >= 15 is 0 Å². The Labute approximate surface area is 96.1 Å². The predicted octanol–water partition coefficient (Wildman–Crippen LogP) is 2.13. The van der Waals surface area contributed by atoms with Gasteiger partial charge in [0.05, 0.1) is 12.7 Å². The van der Waals surface area contributed by atoms with Gasteiger partial charge in [0.2, 0.25) is 0 Å². The number of carbonyl (C=O) groups is 1. The van der Waals surface area contributed by atoms with Crippen LogP contribution in [0.5, 0.6) is 5.75 Å². The first-order valence-electron chi connectivity index (χ1n) is 5.26. The Morgan fingerprint density at radius 2 is 2.25 bits per heavy atom. The Hall–Kier alpha value is -1.61. The molecule has 0 unspecified atom stereocenters. The van der Waals surface area contributed by atoms with Crippen LogP contribution in [-0.2, 0) is 0 Å². The maximum absolute atomic E-state index is 10.8. The van der Waals surface area contributed by atoms with Crippen LogP contribution >= 0.6 is 0 Å². The van der Waals surface area contributed by atoms with E-state index in [4.69, 9.17) is 4.74 Å². The summed E-state index contributed by atoms with van der Waals surface area (Å²) in [4.78, 5) is 10.8. The highest BCUT2D eigenvalue weighted by Crippen LogP contribution is 2.18. The zero-order chi connectivity index (χ0) is 11.8. The molecule has 3 nitrogen and oxygen atoms in total. The van der Waals surface area contributed by atoms with Crippen molar-refractivity contribution in [3.05, 3.63) is 35.4 Å². The summed E-state index contributed by atoms with van der Waals surface area (Å²) in [6.45, 7) is 0.952. The van der Waals surface area contributed by atoms with E-state index in [0.29, 0.717) is 11.3 Å². The summed E-state index contributed by atoms with van der Waals surface area (Å²) < 4.78 is 5.07.